The zero-order valence-electron chi connectivity index (χ0n) is 11.1. The maximum Gasteiger partial charge on any atom is 0.416 e. The van der Waals surface area contributed by atoms with Crippen LogP contribution >= 0.6 is 0 Å². The van der Waals surface area contributed by atoms with Gasteiger partial charge in [0.1, 0.15) is 0 Å². The molecule has 2 aromatic carbocycles. The molecule has 0 heterocycles. The number of carbonyl (C=O) groups is 1. The fourth-order valence-electron chi connectivity index (χ4n) is 1.57. The minimum absolute atomic E-state index is 0.0643. The standard InChI is InChI=1S/C14H11F3N2O3/c15-14(16,17)9-3-1-8(2-4-9)13(20)22-21-12-6-5-10(18)7-11(12)19/h1-7H,18-19H2. The van der Waals surface area contributed by atoms with Crippen LogP contribution in [0, 0.1) is 0 Å². The second-order valence-electron chi connectivity index (χ2n) is 4.33. The Morgan fingerprint density at radius 1 is 1.00 bits per heavy atom. The molecule has 5 nitrogen and oxygen atoms in total. The van der Waals surface area contributed by atoms with E-state index in [1.807, 2.05) is 0 Å². The number of hydrogen-bond acceptors (Lipinski definition) is 5. The van der Waals surface area contributed by atoms with E-state index in [2.05, 4.69) is 4.89 Å². The molecule has 0 aromatic heterocycles. The molecular weight excluding hydrogens is 301 g/mol. The molecule has 0 fully saturated rings. The second kappa shape index (κ2) is 5.84. The van der Waals surface area contributed by atoms with Gasteiger partial charge in [-0.15, -0.1) is 0 Å². The molecule has 116 valence electrons. The van der Waals surface area contributed by atoms with E-state index < -0.39 is 17.7 Å². The third kappa shape index (κ3) is 3.60. The molecule has 0 aliphatic heterocycles. The zero-order chi connectivity index (χ0) is 16.3. The van der Waals surface area contributed by atoms with Gasteiger partial charge in [0, 0.05) is 5.69 Å². The molecule has 0 aliphatic carbocycles. The fourth-order valence-corrected chi connectivity index (χ4v) is 1.57. The highest BCUT2D eigenvalue weighted by Crippen LogP contribution is 2.29. The first-order valence-electron chi connectivity index (χ1n) is 5.98. The van der Waals surface area contributed by atoms with Gasteiger partial charge < -0.3 is 11.5 Å². The van der Waals surface area contributed by atoms with Crippen LogP contribution in [-0.2, 0) is 11.1 Å². The maximum atomic E-state index is 12.4. The largest absolute Gasteiger partial charge is 0.416 e. The summed E-state index contributed by atoms with van der Waals surface area (Å²) < 4.78 is 37.2. The molecule has 2 rings (SSSR count). The first-order valence-corrected chi connectivity index (χ1v) is 5.98. The minimum Gasteiger partial charge on any atom is -0.399 e. The Kier molecular flexibility index (Phi) is 4.11. The number of nitrogen functional groups attached to an aromatic ring is 2. The van der Waals surface area contributed by atoms with E-state index in [0.29, 0.717) is 5.69 Å². The van der Waals surface area contributed by atoms with Crippen molar-refractivity contribution >= 4 is 17.3 Å². The lowest BCUT2D eigenvalue weighted by molar-refractivity contribution is -0.149. The van der Waals surface area contributed by atoms with Crippen LogP contribution in [0.25, 0.3) is 0 Å². The van der Waals surface area contributed by atoms with Crippen molar-refractivity contribution in [1.29, 1.82) is 0 Å². The average Bonchev–Trinajstić information content (AvgIpc) is 2.45. The van der Waals surface area contributed by atoms with Gasteiger partial charge in [-0.25, -0.2) is 9.68 Å². The summed E-state index contributed by atoms with van der Waals surface area (Å²) in [7, 11) is 0. The summed E-state index contributed by atoms with van der Waals surface area (Å²) in [6, 6.07) is 7.80. The summed E-state index contributed by atoms with van der Waals surface area (Å²) in [4.78, 5) is 20.9. The fraction of sp³-hybridized carbons (Fsp3) is 0.0714. The second-order valence-corrected chi connectivity index (χ2v) is 4.33. The maximum absolute atomic E-state index is 12.4. The van der Waals surface area contributed by atoms with Gasteiger partial charge in [0.15, 0.2) is 0 Å². The molecule has 0 bridgehead atoms. The van der Waals surface area contributed by atoms with Crippen LogP contribution in [0.2, 0.25) is 0 Å². The van der Waals surface area contributed by atoms with E-state index in [9.17, 15) is 18.0 Å². The Bertz CT molecular complexity index is 685. The van der Waals surface area contributed by atoms with Crippen LogP contribution in [0.4, 0.5) is 24.5 Å². The molecule has 0 atom stereocenters. The first-order chi connectivity index (χ1) is 10.3. The monoisotopic (exact) mass is 312 g/mol. The lowest BCUT2D eigenvalue weighted by Crippen LogP contribution is -2.10. The van der Waals surface area contributed by atoms with Crippen LogP contribution in [0.3, 0.4) is 0 Å². The lowest BCUT2D eigenvalue weighted by atomic mass is 10.1. The van der Waals surface area contributed by atoms with Crippen LogP contribution in [0.1, 0.15) is 15.9 Å². The van der Waals surface area contributed by atoms with E-state index in [1.54, 1.807) is 0 Å². The SMILES string of the molecule is Nc1ccc(OOC(=O)c2ccc(C(F)(F)F)cc2)c(N)c1. The van der Waals surface area contributed by atoms with Gasteiger partial charge in [-0.1, -0.05) is 0 Å². The highest BCUT2D eigenvalue weighted by Gasteiger charge is 2.30. The molecule has 0 aliphatic rings. The van der Waals surface area contributed by atoms with E-state index >= 15 is 0 Å². The van der Waals surface area contributed by atoms with Crippen LogP contribution < -0.4 is 16.4 Å². The Labute approximate surface area is 123 Å². The molecule has 0 saturated carbocycles. The number of hydrogen-bond donors (Lipinski definition) is 2. The first kappa shape index (κ1) is 15.5. The molecule has 8 heteroatoms. The summed E-state index contributed by atoms with van der Waals surface area (Å²) >= 11 is 0. The summed E-state index contributed by atoms with van der Waals surface area (Å²) in [5.41, 5.74) is 10.7. The number of nitrogens with two attached hydrogens (primary N) is 2. The summed E-state index contributed by atoms with van der Waals surface area (Å²) in [6.07, 6.45) is -4.47. The molecule has 0 radical (unpaired) electrons. The van der Waals surface area contributed by atoms with Crippen molar-refractivity contribution in [2.75, 3.05) is 11.5 Å². The third-order valence-corrected chi connectivity index (χ3v) is 2.69. The molecular formula is C14H11F3N2O3. The molecule has 0 unspecified atom stereocenters. The lowest BCUT2D eigenvalue weighted by Gasteiger charge is -2.08. The van der Waals surface area contributed by atoms with Crippen molar-refractivity contribution in [3.05, 3.63) is 53.6 Å². The molecule has 4 N–H and O–H groups in total. The average molecular weight is 312 g/mol. The van der Waals surface area contributed by atoms with Crippen LogP contribution in [-0.4, -0.2) is 5.97 Å². The van der Waals surface area contributed by atoms with Crippen LogP contribution in [0.5, 0.6) is 5.75 Å². The molecule has 0 saturated heterocycles. The third-order valence-electron chi connectivity index (χ3n) is 2.69. The van der Waals surface area contributed by atoms with E-state index in [4.69, 9.17) is 16.4 Å². The van der Waals surface area contributed by atoms with Crippen molar-refractivity contribution in [1.82, 2.24) is 0 Å². The number of halogens is 3. The predicted molar refractivity (Wildman–Crippen MR) is 72.8 cm³/mol. The number of carbonyl (C=O) groups excluding carboxylic acids is 1. The topological polar surface area (TPSA) is 87.6 Å². The molecule has 0 amide bonds. The number of alkyl halides is 3. The molecule has 22 heavy (non-hydrogen) atoms. The number of anilines is 2. The minimum atomic E-state index is -4.47. The van der Waals surface area contributed by atoms with E-state index in [1.165, 1.54) is 18.2 Å². The molecule has 2 aromatic rings. The zero-order valence-corrected chi connectivity index (χ0v) is 11.1. The summed E-state index contributed by atoms with van der Waals surface area (Å²) in [6.45, 7) is 0. The van der Waals surface area contributed by atoms with Gasteiger partial charge in [-0.2, -0.15) is 13.2 Å². The normalized spacial score (nSPS) is 11.0. The smallest absolute Gasteiger partial charge is 0.399 e. The highest BCUT2D eigenvalue weighted by atomic mass is 19.4. The quantitative estimate of drug-likeness (QED) is 0.517. The van der Waals surface area contributed by atoms with E-state index in [-0.39, 0.29) is 17.0 Å². The van der Waals surface area contributed by atoms with Gasteiger partial charge in [-0.05, 0) is 42.5 Å². The Morgan fingerprint density at radius 3 is 2.18 bits per heavy atom. The van der Waals surface area contributed by atoms with Crippen molar-refractivity contribution in [3.8, 4) is 5.75 Å². The summed E-state index contributed by atoms with van der Waals surface area (Å²) in [5.74, 6) is -0.889. The van der Waals surface area contributed by atoms with Crippen LogP contribution in [0.15, 0.2) is 42.5 Å². The van der Waals surface area contributed by atoms with Gasteiger partial charge >= 0.3 is 12.1 Å². The van der Waals surface area contributed by atoms with E-state index in [0.717, 1.165) is 24.3 Å². The van der Waals surface area contributed by atoms with Crippen molar-refractivity contribution < 1.29 is 27.7 Å². The number of rotatable bonds is 3. The Hall–Kier alpha value is -2.90. The van der Waals surface area contributed by atoms with Gasteiger partial charge in [-0.3, -0.25) is 4.89 Å². The van der Waals surface area contributed by atoms with Crippen molar-refractivity contribution in [2.45, 2.75) is 6.18 Å². The number of benzene rings is 2. The van der Waals surface area contributed by atoms with Crippen molar-refractivity contribution in [3.63, 3.8) is 0 Å². The predicted octanol–water partition coefficient (Wildman–Crippen LogP) is 3.02. The van der Waals surface area contributed by atoms with Gasteiger partial charge in [0.2, 0.25) is 5.75 Å². The van der Waals surface area contributed by atoms with Gasteiger partial charge in [0.05, 0.1) is 16.8 Å². The van der Waals surface area contributed by atoms with Gasteiger partial charge in [0.25, 0.3) is 0 Å². The highest BCUT2D eigenvalue weighted by molar-refractivity contribution is 5.89. The van der Waals surface area contributed by atoms with Crippen molar-refractivity contribution in [2.24, 2.45) is 0 Å². The Morgan fingerprint density at radius 2 is 1.64 bits per heavy atom. The Balaban J connectivity index is 2.03. The summed E-state index contributed by atoms with van der Waals surface area (Å²) in [5, 5.41) is 0. The molecule has 0 spiro atoms.